The summed E-state index contributed by atoms with van der Waals surface area (Å²) in [4.78, 5) is 12.7. The maximum Gasteiger partial charge on any atom is 0.338 e. The first-order valence-corrected chi connectivity index (χ1v) is 11.0. The van der Waals surface area contributed by atoms with Gasteiger partial charge in [0, 0.05) is 23.3 Å². The molecular weight excluding hydrogens is 447 g/mol. The Hall–Kier alpha value is -2.93. The average molecular weight is 471 g/mol. The highest BCUT2D eigenvalue weighted by atomic mass is 35.5. The molecule has 0 N–H and O–H groups in total. The fourth-order valence-corrected chi connectivity index (χ4v) is 4.01. The van der Waals surface area contributed by atoms with Crippen LogP contribution < -0.4 is 4.74 Å². The van der Waals surface area contributed by atoms with Crippen molar-refractivity contribution in [3.05, 3.63) is 88.2 Å². The SMILES string of the molecule is CCOC(=O)c1ccc(OCCOC)c(F)c1-c1cc(C2(c3ccccc3)CO2)ccc1Cl. The number of ether oxygens (including phenoxy) is 4. The molecule has 0 aromatic heterocycles. The molecule has 1 unspecified atom stereocenters. The van der Waals surface area contributed by atoms with Gasteiger partial charge >= 0.3 is 5.97 Å². The number of benzene rings is 3. The van der Waals surface area contributed by atoms with Gasteiger partial charge in [-0.3, -0.25) is 0 Å². The van der Waals surface area contributed by atoms with Crippen molar-refractivity contribution in [2.75, 3.05) is 33.5 Å². The van der Waals surface area contributed by atoms with Crippen LogP contribution >= 0.6 is 11.6 Å². The summed E-state index contributed by atoms with van der Waals surface area (Å²) in [5.41, 5.74) is 1.62. The monoisotopic (exact) mass is 470 g/mol. The van der Waals surface area contributed by atoms with Crippen molar-refractivity contribution in [1.29, 1.82) is 0 Å². The molecule has 1 heterocycles. The molecule has 0 aliphatic carbocycles. The summed E-state index contributed by atoms with van der Waals surface area (Å²) in [5, 5.41) is 0.293. The zero-order valence-electron chi connectivity index (χ0n) is 18.4. The number of halogens is 2. The molecule has 172 valence electrons. The highest BCUT2D eigenvalue weighted by molar-refractivity contribution is 6.33. The van der Waals surface area contributed by atoms with Crippen LogP contribution in [0.25, 0.3) is 11.1 Å². The van der Waals surface area contributed by atoms with Gasteiger partial charge in [-0.2, -0.15) is 0 Å². The molecule has 1 aliphatic rings. The third-order valence-electron chi connectivity index (χ3n) is 5.52. The lowest BCUT2D eigenvalue weighted by atomic mass is 9.88. The first-order chi connectivity index (χ1) is 16.0. The molecule has 4 rings (SSSR count). The molecule has 3 aromatic rings. The average Bonchev–Trinajstić information content (AvgIpc) is 3.63. The minimum absolute atomic E-state index is 0.00277. The minimum atomic E-state index is -0.693. The van der Waals surface area contributed by atoms with E-state index in [4.69, 9.17) is 30.5 Å². The molecular formula is C26H24ClFO5. The van der Waals surface area contributed by atoms with E-state index in [0.717, 1.165) is 11.1 Å². The van der Waals surface area contributed by atoms with Crippen LogP contribution in [0, 0.1) is 5.82 Å². The molecule has 3 aromatic carbocycles. The Morgan fingerprint density at radius 2 is 1.85 bits per heavy atom. The van der Waals surface area contributed by atoms with E-state index in [1.165, 1.54) is 19.2 Å². The van der Waals surface area contributed by atoms with E-state index >= 15 is 4.39 Å². The molecule has 1 fully saturated rings. The van der Waals surface area contributed by atoms with Crippen molar-refractivity contribution in [2.24, 2.45) is 0 Å². The molecule has 1 atom stereocenters. The standard InChI is InChI=1S/C26H24ClFO5/c1-3-31-25(29)19-10-12-22(32-14-13-30-2)24(28)23(19)20-15-18(9-11-21(20)27)26(16-33-26)17-7-5-4-6-8-17/h4-12,15H,3,13-14,16H2,1-2H3. The fraction of sp³-hybridized carbons (Fsp3) is 0.269. The third-order valence-corrected chi connectivity index (χ3v) is 5.85. The fourth-order valence-electron chi connectivity index (χ4n) is 3.79. The van der Waals surface area contributed by atoms with Gasteiger partial charge in [-0.15, -0.1) is 0 Å². The van der Waals surface area contributed by atoms with Gasteiger partial charge in [0.15, 0.2) is 11.6 Å². The number of hydrogen-bond donors (Lipinski definition) is 0. The lowest BCUT2D eigenvalue weighted by Crippen LogP contribution is -2.12. The summed E-state index contributed by atoms with van der Waals surface area (Å²) >= 11 is 6.53. The Balaban J connectivity index is 1.84. The number of esters is 1. The summed E-state index contributed by atoms with van der Waals surface area (Å²) in [5.74, 6) is -1.34. The molecule has 0 saturated carbocycles. The summed E-state index contributed by atoms with van der Waals surface area (Å²) in [6, 6.07) is 18.0. The molecule has 0 bridgehead atoms. The molecule has 0 radical (unpaired) electrons. The van der Waals surface area contributed by atoms with Crippen LogP contribution in [0.15, 0.2) is 60.7 Å². The van der Waals surface area contributed by atoms with Gasteiger partial charge in [-0.1, -0.05) is 48.0 Å². The molecule has 1 aliphatic heterocycles. The summed E-state index contributed by atoms with van der Waals surface area (Å²) in [7, 11) is 1.53. The van der Waals surface area contributed by atoms with E-state index in [1.807, 2.05) is 36.4 Å². The van der Waals surface area contributed by atoms with E-state index in [0.29, 0.717) is 23.8 Å². The molecule has 1 saturated heterocycles. The number of carbonyl (C=O) groups excluding carboxylic acids is 1. The molecule has 7 heteroatoms. The van der Waals surface area contributed by atoms with Crippen LogP contribution in [0.3, 0.4) is 0 Å². The Kier molecular flexibility index (Phi) is 6.98. The van der Waals surface area contributed by atoms with Gasteiger partial charge in [-0.05, 0) is 42.3 Å². The summed E-state index contributed by atoms with van der Waals surface area (Å²) in [6.45, 7) is 2.79. The number of rotatable bonds is 9. The van der Waals surface area contributed by atoms with E-state index in [1.54, 1.807) is 19.1 Å². The quantitative estimate of drug-likeness (QED) is 0.231. The van der Waals surface area contributed by atoms with Gasteiger partial charge < -0.3 is 18.9 Å². The Morgan fingerprint density at radius 3 is 2.52 bits per heavy atom. The maximum atomic E-state index is 15.7. The van der Waals surface area contributed by atoms with Crippen molar-refractivity contribution in [3.8, 4) is 16.9 Å². The lowest BCUT2D eigenvalue weighted by Gasteiger charge is -2.18. The maximum absolute atomic E-state index is 15.7. The second-order valence-electron chi connectivity index (χ2n) is 7.54. The van der Waals surface area contributed by atoms with Crippen LogP contribution in [-0.2, 0) is 19.8 Å². The van der Waals surface area contributed by atoms with Gasteiger partial charge in [0.05, 0.1) is 25.4 Å². The van der Waals surface area contributed by atoms with Gasteiger partial charge in [0.1, 0.15) is 12.2 Å². The predicted octanol–water partition coefficient (Wildman–Crippen LogP) is 5.62. The topological polar surface area (TPSA) is 57.3 Å². The van der Waals surface area contributed by atoms with Crippen LogP contribution in [0.5, 0.6) is 5.75 Å². The zero-order valence-corrected chi connectivity index (χ0v) is 19.2. The highest BCUT2D eigenvalue weighted by Crippen LogP contribution is 2.47. The Bertz CT molecular complexity index is 1140. The van der Waals surface area contributed by atoms with Crippen molar-refractivity contribution >= 4 is 17.6 Å². The minimum Gasteiger partial charge on any atom is -0.488 e. The van der Waals surface area contributed by atoms with Crippen molar-refractivity contribution in [2.45, 2.75) is 12.5 Å². The van der Waals surface area contributed by atoms with Crippen LogP contribution in [0.4, 0.5) is 4.39 Å². The Labute approximate surface area is 197 Å². The molecule has 0 amide bonds. The number of carbonyl (C=O) groups is 1. The van der Waals surface area contributed by atoms with Crippen molar-refractivity contribution in [3.63, 3.8) is 0 Å². The highest BCUT2D eigenvalue weighted by Gasteiger charge is 2.48. The van der Waals surface area contributed by atoms with E-state index in [9.17, 15) is 4.79 Å². The lowest BCUT2D eigenvalue weighted by molar-refractivity contribution is 0.0526. The second-order valence-corrected chi connectivity index (χ2v) is 7.95. The largest absolute Gasteiger partial charge is 0.488 e. The third kappa shape index (κ3) is 4.60. The van der Waals surface area contributed by atoms with E-state index < -0.39 is 17.4 Å². The molecule has 33 heavy (non-hydrogen) atoms. The van der Waals surface area contributed by atoms with Crippen molar-refractivity contribution in [1.82, 2.24) is 0 Å². The zero-order chi connectivity index (χ0) is 23.4. The van der Waals surface area contributed by atoms with Gasteiger partial charge in [0.25, 0.3) is 0 Å². The van der Waals surface area contributed by atoms with Gasteiger partial charge in [0.2, 0.25) is 0 Å². The Morgan fingerprint density at radius 1 is 1.09 bits per heavy atom. The van der Waals surface area contributed by atoms with Crippen LogP contribution in [0.1, 0.15) is 28.4 Å². The molecule has 5 nitrogen and oxygen atoms in total. The molecule has 0 spiro atoms. The second kappa shape index (κ2) is 9.91. The van der Waals surface area contributed by atoms with Crippen LogP contribution in [0.2, 0.25) is 5.02 Å². The number of hydrogen-bond acceptors (Lipinski definition) is 5. The van der Waals surface area contributed by atoms with Crippen LogP contribution in [-0.4, -0.2) is 39.5 Å². The van der Waals surface area contributed by atoms with Crippen molar-refractivity contribution < 1.29 is 28.1 Å². The number of methoxy groups -OCH3 is 1. The van der Waals surface area contributed by atoms with Gasteiger partial charge in [-0.25, -0.2) is 9.18 Å². The summed E-state index contributed by atoms with van der Waals surface area (Å²) in [6.07, 6.45) is 0. The smallest absolute Gasteiger partial charge is 0.338 e. The van der Waals surface area contributed by atoms with E-state index in [2.05, 4.69) is 0 Å². The first kappa shape index (κ1) is 23.2. The van der Waals surface area contributed by atoms with E-state index in [-0.39, 0.29) is 30.1 Å². The predicted molar refractivity (Wildman–Crippen MR) is 123 cm³/mol. The first-order valence-electron chi connectivity index (χ1n) is 10.6. The normalized spacial score (nSPS) is 17.0. The number of epoxide rings is 1. The summed E-state index contributed by atoms with van der Waals surface area (Å²) < 4.78 is 37.3.